The van der Waals surface area contributed by atoms with Crippen molar-refractivity contribution in [3.8, 4) is 0 Å². The number of halogens is 2. The van der Waals surface area contributed by atoms with Crippen molar-refractivity contribution in [2.45, 2.75) is 34.6 Å². The maximum absolute atomic E-state index is 14.2. The molecule has 8 nitrogen and oxygen atoms in total. The van der Waals surface area contributed by atoms with E-state index in [0.29, 0.717) is 27.0 Å². The highest BCUT2D eigenvalue weighted by molar-refractivity contribution is 6.33. The number of carbonyl (C=O) groups is 5. The summed E-state index contributed by atoms with van der Waals surface area (Å²) in [4.78, 5) is 72.4. The van der Waals surface area contributed by atoms with Crippen molar-refractivity contribution >= 4 is 64.2 Å². The monoisotopic (exact) mass is 594 g/mol. The van der Waals surface area contributed by atoms with Crippen LogP contribution in [-0.4, -0.2) is 36.2 Å². The lowest BCUT2D eigenvalue weighted by Crippen LogP contribution is -2.61. The Morgan fingerprint density at radius 3 is 1.61 bits per heavy atom. The molecular weight excluding hydrogens is 567 g/mol. The Balaban J connectivity index is 1.54. The molecular formula is C31H28Cl2N2O6. The minimum atomic E-state index is -1.48. The lowest BCUT2D eigenvalue weighted by Gasteiger charge is -2.55. The molecule has 0 radical (unpaired) electrons. The molecule has 212 valence electrons. The highest BCUT2D eigenvalue weighted by Gasteiger charge is 2.77. The van der Waals surface area contributed by atoms with Crippen LogP contribution in [0, 0.1) is 48.9 Å². The molecule has 2 aromatic carbocycles. The number of ether oxygens (including phenoxy) is 1. The zero-order valence-corrected chi connectivity index (χ0v) is 24.7. The van der Waals surface area contributed by atoms with Crippen LogP contribution >= 0.6 is 23.2 Å². The second kappa shape index (κ2) is 9.26. The Morgan fingerprint density at radius 1 is 0.780 bits per heavy atom. The lowest BCUT2D eigenvalue weighted by atomic mass is 9.43. The quantitative estimate of drug-likeness (QED) is 0.362. The van der Waals surface area contributed by atoms with Crippen LogP contribution in [0.2, 0.25) is 10.0 Å². The third-order valence-corrected chi connectivity index (χ3v) is 10.3. The number of rotatable bonds is 4. The Hall–Kier alpha value is -3.49. The third-order valence-electron chi connectivity index (χ3n) is 9.51. The smallest absolute Gasteiger partial charge is 0.334 e. The van der Waals surface area contributed by atoms with Gasteiger partial charge in [-0.25, -0.2) is 14.6 Å². The maximum atomic E-state index is 14.2. The normalized spacial score (nSPS) is 30.4. The Morgan fingerprint density at radius 2 is 1.22 bits per heavy atom. The number of aryl methyl sites for hydroxylation is 2. The average molecular weight is 595 g/mol. The van der Waals surface area contributed by atoms with E-state index < -0.39 is 64.6 Å². The van der Waals surface area contributed by atoms with Crippen LogP contribution in [0.15, 0.2) is 47.5 Å². The van der Waals surface area contributed by atoms with E-state index in [2.05, 4.69) is 0 Å². The molecule has 2 aliphatic heterocycles. The first-order valence-corrected chi connectivity index (χ1v) is 14.3. The lowest BCUT2D eigenvalue weighted by molar-refractivity contribution is -0.155. The van der Waals surface area contributed by atoms with Gasteiger partial charge in [-0.1, -0.05) is 47.8 Å². The number of carbonyl (C=O) groups excluding carboxylic acids is 5. The molecule has 0 unspecified atom stereocenters. The molecule has 41 heavy (non-hydrogen) atoms. The zero-order valence-electron chi connectivity index (χ0n) is 23.2. The minimum Gasteiger partial charge on any atom is -0.463 e. The van der Waals surface area contributed by atoms with Crippen molar-refractivity contribution in [2.24, 2.45) is 35.0 Å². The number of hydrogen-bond acceptors (Lipinski definition) is 6. The molecule has 2 aromatic rings. The van der Waals surface area contributed by atoms with Crippen molar-refractivity contribution in [3.05, 3.63) is 68.7 Å². The molecule has 0 aromatic heterocycles. The summed E-state index contributed by atoms with van der Waals surface area (Å²) in [6, 6.07) is 9.84. The summed E-state index contributed by atoms with van der Waals surface area (Å²) < 4.78 is 5.42. The molecule has 1 saturated carbocycles. The number of amides is 4. The van der Waals surface area contributed by atoms with Gasteiger partial charge < -0.3 is 4.74 Å². The predicted molar refractivity (Wildman–Crippen MR) is 152 cm³/mol. The topological polar surface area (TPSA) is 101 Å². The molecule has 2 bridgehead atoms. The molecule has 2 heterocycles. The van der Waals surface area contributed by atoms with Crippen LogP contribution in [-0.2, 0) is 28.7 Å². The summed E-state index contributed by atoms with van der Waals surface area (Å²) >= 11 is 12.7. The summed E-state index contributed by atoms with van der Waals surface area (Å²) in [6.45, 7) is 8.73. The summed E-state index contributed by atoms with van der Waals surface area (Å²) in [6.07, 6.45) is 0. The van der Waals surface area contributed by atoms with Gasteiger partial charge in [-0.05, 0) is 63.1 Å². The fourth-order valence-electron chi connectivity index (χ4n) is 7.76. The minimum absolute atomic E-state index is 0.0836. The van der Waals surface area contributed by atoms with Crippen LogP contribution in [0.4, 0.5) is 11.4 Å². The SMILES string of the molecule is CCOC(=O)C1=C(C)C2[C@H]3C(=O)N(c4ccc(C)c(Cl)c4)C(=O)[C@H]3C1(C)[C@@H]1C(=O)N(c3ccc(C)c(Cl)c3)C(=O)[C@H]21. The standard InChI is InChI=1S/C31H28Cl2N2O6/c1-6-41-30(40)23-15(4)20-21-24(28(38)34(26(21)36)16-9-7-13(2)18(32)11-16)31(23,5)25-22(20)27(37)35(29(25)39)17-10-8-14(3)19(33)12-17/h7-12,20-22,24-25H,6H2,1-5H3/t20?,21-,22-,24+,25+,31?/m1/s1. The van der Waals surface area contributed by atoms with Gasteiger partial charge in [-0.15, -0.1) is 0 Å². The van der Waals surface area contributed by atoms with Gasteiger partial charge in [0.05, 0.1) is 41.7 Å². The van der Waals surface area contributed by atoms with Gasteiger partial charge in [-0.3, -0.25) is 19.2 Å². The second-order valence-electron chi connectivity index (χ2n) is 11.5. The van der Waals surface area contributed by atoms with E-state index in [1.807, 2.05) is 13.8 Å². The van der Waals surface area contributed by atoms with Gasteiger partial charge in [0.1, 0.15) is 0 Å². The summed E-state index contributed by atoms with van der Waals surface area (Å²) in [5, 5.41) is 0.784. The van der Waals surface area contributed by atoms with Crippen molar-refractivity contribution in [2.75, 3.05) is 16.4 Å². The highest BCUT2D eigenvalue weighted by Crippen LogP contribution is 2.68. The van der Waals surface area contributed by atoms with Crippen molar-refractivity contribution in [3.63, 3.8) is 0 Å². The molecule has 3 fully saturated rings. The van der Waals surface area contributed by atoms with Gasteiger partial charge >= 0.3 is 5.97 Å². The van der Waals surface area contributed by atoms with Gasteiger partial charge in [0.2, 0.25) is 23.6 Å². The van der Waals surface area contributed by atoms with Gasteiger partial charge in [-0.2, -0.15) is 0 Å². The molecule has 4 atom stereocenters. The molecule has 3 aliphatic carbocycles. The predicted octanol–water partition coefficient (Wildman–Crippen LogP) is 5.05. The van der Waals surface area contributed by atoms with Crippen LogP contribution in [0.1, 0.15) is 31.9 Å². The zero-order chi connectivity index (χ0) is 29.7. The second-order valence-corrected chi connectivity index (χ2v) is 12.3. The first kappa shape index (κ1) is 27.7. The number of allylic oxidation sites excluding steroid dienone is 1. The van der Waals surface area contributed by atoms with E-state index in [-0.39, 0.29) is 12.2 Å². The van der Waals surface area contributed by atoms with Crippen LogP contribution < -0.4 is 9.80 Å². The number of anilines is 2. The maximum Gasteiger partial charge on any atom is 0.334 e. The van der Waals surface area contributed by atoms with E-state index >= 15 is 0 Å². The molecule has 0 N–H and O–H groups in total. The molecule has 7 rings (SSSR count). The van der Waals surface area contributed by atoms with Crippen molar-refractivity contribution in [1.29, 1.82) is 0 Å². The average Bonchev–Trinajstić information content (AvgIpc) is 3.34. The number of hydrogen-bond donors (Lipinski definition) is 0. The van der Waals surface area contributed by atoms with Crippen LogP contribution in [0.5, 0.6) is 0 Å². The van der Waals surface area contributed by atoms with Gasteiger partial charge in [0.15, 0.2) is 0 Å². The van der Waals surface area contributed by atoms with Crippen LogP contribution in [0.3, 0.4) is 0 Å². The fourth-order valence-corrected chi connectivity index (χ4v) is 8.11. The van der Waals surface area contributed by atoms with Crippen molar-refractivity contribution < 1.29 is 28.7 Å². The van der Waals surface area contributed by atoms with E-state index in [1.54, 1.807) is 57.2 Å². The van der Waals surface area contributed by atoms with Gasteiger partial charge in [0.25, 0.3) is 0 Å². The molecule has 2 saturated heterocycles. The fraction of sp³-hybridized carbons (Fsp3) is 0.387. The third kappa shape index (κ3) is 3.50. The van der Waals surface area contributed by atoms with E-state index in [4.69, 9.17) is 27.9 Å². The Bertz CT molecular complexity index is 1530. The summed E-state index contributed by atoms with van der Waals surface area (Å²) in [5.41, 5.74) is 1.40. The Kier molecular flexibility index (Phi) is 6.25. The molecule has 0 spiro atoms. The number of esters is 1. The molecule has 4 amide bonds. The van der Waals surface area contributed by atoms with E-state index in [9.17, 15) is 24.0 Å². The first-order chi connectivity index (χ1) is 19.4. The van der Waals surface area contributed by atoms with Crippen molar-refractivity contribution in [1.82, 2.24) is 0 Å². The summed E-state index contributed by atoms with van der Waals surface area (Å²) in [7, 11) is 0. The first-order valence-electron chi connectivity index (χ1n) is 13.5. The van der Waals surface area contributed by atoms with Crippen LogP contribution in [0.25, 0.3) is 0 Å². The van der Waals surface area contributed by atoms with Gasteiger partial charge in [0, 0.05) is 27.0 Å². The number of imide groups is 2. The molecule has 10 heteroatoms. The highest BCUT2D eigenvalue weighted by atomic mass is 35.5. The van der Waals surface area contributed by atoms with E-state index in [1.165, 1.54) is 0 Å². The Labute approximate surface area is 247 Å². The van der Waals surface area contributed by atoms with E-state index in [0.717, 1.165) is 20.9 Å². The largest absolute Gasteiger partial charge is 0.463 e. The number of benzene rings is 2. The molecule has 5 aliphatic rings. The number of nitrogens with zero attached hydrogens (tertiary/aromatic N) is 2. The summed E-state index contributed by atoms with van der Waals surface area (Å²) in [5.74, 6) is -7.50.